The van der Waals surface area contributed by atoms with Gasteiger partial charge in [0.1, 0.15) is 24.0 Å². The van der Waals surface area contributed by atoms with Crippen molar-refractivity contribution in [2.75, 3.05) is 17.2 Å². The number of anilines is 2. The van der Waals surface area contributed by atoms with E-state index in [-0.39, 0.29) is 23.0 Å². The molecule has 2 fully saturated rings. The molecule has 10 nitrogen and oxygen atoms in total. The summed E-state index contributed by atoms with van der Waals surface area (Å²) in [5, 5.41) is 8.20. The number of hydrogen-bond acceptors (Lipinski definition) is 7. The largest absolute Gasteiger partial charge is 0.408 e. The standard InChI is InChI=1S/C25H25F3N8O2/c1-14-18(34-11-24(5-6-24)38-23(2,3)22(34)37)8-15(10-30-14)19-9-16(20-21(29)31-13-33-36(19)20)17-4-7-32-35(17)12-25(26,27)28/h4,7-10,13H,5-6,11-12H2,1-3H3,(H2,29,31,33). The third-order valence-corrected chi connectivity index (χ3v) is 7.04. The lowest BCUT2D eigenvalue weighted by molar-refractivity contribution is -0.159. The van der Waals surface area contributed by atoms with Crippen molar-refractivity contribution in [1.29, 1.82) is 0 Å². The Hall–Kier alpha value is -4.00. The van der Waals surface area contributed by atoms with Crippen LogP contribution in [0.4, 0.5) is 24.7 Å². The molecule has 1 amide bonds. The van der Waals surface area contributed by atoms with Crippen LogP contribution in [0.25, 0.3) is 28.0 Å². The van der Waals surface area contributed by atoms with Crippen LogP contribution < -0.4 is 10.6 Å². The molecule has 1 saturated heterocycles. The summed E-state index contributed by atoms with van der Waals surface area (Å²) in [5.41, 5.74) is 8.22. The highest BCUT2D eigenvalue weighted by Gasteiger charge is 2.56. The number of aryl methyl sites for hydroxylation is 1. The number of carbonyl (C=O) groups excluding carboxylic acids is 1. The highest BCUT2D eigenvalue weighted by Crippen LogP contribution is 2.48. The Kier molecular flexibility index (Phi) is 5.12. The van der Waals surface area contributed by atoms with Gasteiger partial charge in [0.25, 0.3) is 5.91 Å². The molecule has 1 aliphatic heterocycles. The summed E-state index contributed by atoms with van der Waals surface area (Å²) < 4.78 is 48.2. The molecule has 4 aromatic heterocycles. The first-order valence-electron chi connectivity index (χ1n) is 12.1. The maximum atomic E-state index is 13.4. The number of morpholine rings is 1. The number of alkyl halides is 3. The number of halogens is 3. The molecule has 0 radical (unpaired) electrons. The molecule has 2 aliphatic rings. The molecule has 0 bridgehead atoms. The van der Waals surface area contributed by atoms with E-state index >= 15 is 0 Å². The summed E-state index contributed by atoms with van der Waals surface area (Å²) in [4.78, 5) is 23.7. The van der Waals surface area contributed by atoms with Gasteiger partial charge in [-0.05, 0) is 51.8 Å². The molecule has 6 rings (SSSR count). The number of carbonyl (C=O) groups is 1. The van der Waals surface area contributed by atoms with E-state index in [1.807, 2.05) is 13.0 Å². The van der Waals surface area contributed by atoms with Gasteiger partial charge in [0, 0.05) is 23.5 Å². The van der Waals surface area contributed by atoms with E-state index in [0.29, 0.717) is 40.3 Å². The number of amides is 1. The molecule has 13 heteroatoms. The maximum absolute atomic E-state index is 13.4. The van der Waals surface area contributed by atoms with E-state index in [4.69, 9.17) is 10.5 Å². The predicted molar refractivity (Wildman–Crippen MR) is 132 cm³/mol. The number of fused-ring (bicyclic) bond motifs is 1. The number of nitrogens with two attached hydrogens (primary N) is 1. The number of rotatable bonds is 4. The second kappa shape index (κ2) is 8.00. The molecule has 2 N–H and O–H groups in total. The number of nitrogen functional groups attached to an aromatic ring is 1. The fourth-order valence-electron chi connectivity index (χ4n) is 5.16. The minimum absolute atomic E-state index is 0.0992. The van der Waals surface area contributed by atoms with Gasteiger partial charge < -0.3 is 15.4 Å². The van der Waals surface area contributed by atoms with Crippen LogP contribution in [0, 0.1) is 6.92 Å². The topological polar surface area (TPSA) is 116 Å². The smallest absolute Gasteiger partial charge is 0.382 e. The number of pyridine rings is 1. The summed E-state index contributed by atoms with van der Waals surface area (Å²) in [6.45, 7) is 4.53. The zero-order valence-electron chi connectivity index (χ0n) is 21.0. The van der Waals surface area contributed by atoms with Crippen molar-refractivity contribution in [3.05, 3.63) is 42.6 Å². The van der Waals surface area contributed by atoms with Crippen molar-refractivity contribution in [2.45, 2.75) is 57.5 Å². The number of ether oxygens (including phenoxy) is 1. The average molecular weight is 527 g/mol. The number of aromatic nitrogens is 6. The van der Waals surface area contributed by atoms with Crippen LogP contribution in [-0.2, 0) is 16.1 Å². The Labute approximate surface area is 215 Å². The Morgan fingerprint density at radius 3 is 2.61 bits per heavy atom. The molecule has 38 heavy (non-hydrogen) atoms. The minimum atomic E-state index is -4.46. The lowest BCUT2D eigenvalue weighted by Gasteiger charge is -2.42. The van der Waals surface area contributed by atoms with E-state index in [2.05, 4.69) is 20.2 Å². The van der Waals surface area contributed by atoms with E-state index in [9.17, 15) is 18.0 Å². The Balaban J connectivity index is 1.49. The van der Waals surface area contributed by atoms with Gasteiger partial charge in [-0.3, -0.25) is 14.5 Å². The van der Waals surface area contributed by atoms with Gasteiger partial charge >= 0.3 is 6.18 Å². The van der Waals surface area contributed by atoms with Crippen LogP contribution in [0.2, 0.25) is 0 Å². The normalized spacial score (nSPS) is 18.5. The second-order valence-corrected chi connectivity index (χ2v) is 10.4. The molecule has 1 spiro atoms. The fraction of sp³-hybridized carbons (Fsp3) is 0.400. The van der Waals surface area contributed by atoms with Crippen molar-refractivity contribution >= 4 is 22.9 Å². The monoisotopic (exact) mass is 526 g/mol. The quantitative estimate of drug-likeness (QED) is 0.430. The van der Waals surface area contributed by atoms with E-state index in [0.717, 1.165) is 17.5 Å². The van der Waals surface area contributed by atoms with Gasteiger partial charge in [-0.25, -0.2) is 9.50 Å². The van der Waals surface area contributed by atoms with Gasteiger partial charge in [-0.2, -0.15) is 23.4 Å². The van der Waals surface area contributed by atoms with Gasteiger partial charge in [-0.1, -0.05) is 0 Å². The Bertz CT molecular complexity index is 1590. The van der Waals surface area contributed by atoms with Gasteiger partial charge in [0.05, 0.1) is 34.9 Å². The molecule has 5 heterocycles. The van der Waals surface area contributed by atoms with Crippen molar-refractivity contribution < 1.29 is 22.7 Å². The maximum Gasteiger partial charge on any atom is 0.408 e. The molecular formula is C25H25F3N8O2. The molecule has 0 unspecified atom stereocenters. The Morgan fingerprint density at radius 1 is 1.13 bits per heavy atom. The zero-order chi connectivity index (χ0) is 27.0. The van der Waals surface area contributed by atoms with Crippen LogP contribution >= 0.6 is 0 Å². The van der Waals surface area contributed by atoms with Crippen LogP contribution in [0.15, 0.2) is 36.9 Å². The first-order valence-corrected chi connectivity index (χ1v) is 12.1. The molecule has 1 saturated carbocycles. The van der Waals surface area contributed by atoms with Crippen LogP contribution in [-0.4, -0.2) is 59.2 Å². The fourth-order valence-corrected chi connectivity index (χ4v) is 5.16. The summed E-state index contributed by atoms with van der Waals surface area (Å²) in [5.74, 6) is -0.0671. The first kappa shape index (κ1) is 24.3. The van der Waals surface area contributed by atoms with E-state index in [1.165, 1.54) is 23.1 Å². The van der Waals surface area contributed by atoms with Crippen molar-refractivity contribution in [2.24, 2.45) is 0 Å². The highest BCUT2D eigenvalue weighted by molar-refractivity contribution is 6.01. The van der Waals surface area contributed by atoms with Gasteiger partial charge in [-0.15, -0.1) is 0 Å². The molecule has 4 aromatic rings. The van der Waals surface area contributed by atoms with Crippen LogP contribution in [0.5, 0.6) is 0 Å². The van der Waals surface area contributed by atoms with E-state index < -0.39 is 18.3 Å². The third-order valence-electron chi connectivity index (χ3n) is 7.04. The summed E-state index contributed by atoms with van der Waals surface area (Å²) in [6, 6.07) is 5.02. The lowest BCUT2D eigenvalue weighted by Crippen LogP contribution is -2.58. The molecule has 0 aromatic carbocycles. The summed E-state index contributed by atoms with van der Waals surface area (Å²) in [7, 11) is 0. The first-order chi connectivity index (χ1) is 17.9. The average Bonchev–Trinajstić information content (AvgIpc) is 3.22. The summed E-state index contributed by atoms with van der Waals surface area (Å²) in [6.07, 6.45) is 1.50. The molecule has 1 aliphatic carbocycles. The van der Waals surface area contributed by atoms with Crippen LogP contribution in [0.3, 0.4) is 0 Å². The zero-order valence-corrected chi connectivity index (χ0v) is 21.0. The minimum Gasteiger partial charge on any atom is -0.382 e. The van der Waals surface area contributed by atoms with E-state index in [1.54, 1.807) is 31.0 Å². The lowest BCUT2D eigenvalue weighted by atomic mass is 10.0. The second-order valence-electron chi connectivity index (χ2n) is 10.4. The molecule has 198 valence electrons. The summed E-state index contributed by atoms with van der Waals surface area (Å²) >= 11 is 0. The van der Waals surface area contributed by atoms with Crippen molar-refractivity contribution in [1.82, 2.24) is 29.4 Å². The van der Waals surface area contributed by atoms with Gasteiger partial charge in [0.2, 0.25) is 0 Å². The predicted octanol–water partition coefficient (Wildman–Crippen LogP) is 3.78. The molecular weight excluding hydrogens is 501 g/mol. The van der Waals surface area contributed by atoms with Crippen molar-refractivity contribution in [3.8, 4) is 22.5 Å². The highest BCUT2D eigenvalue weighted by atomic mass is 19.4. The SMILES string of the molecule is Cc1ncc(-c2cc(-c3ccnn3CC(F)(F)F)c3c(N)ncnn23)cc1N1CC2(CC2)OC(C)(C)C1=O. The van der Waals surface area contributed by atoms with Gasteiger partial charge in [0.15, 0.2) is 5.82 Å². The Morgan fingerprint density at radius 2 is 1.89 bits per heavy atom. The third kappa shape index (κ3) is 3.97. The molecule has 0 atom stereocenters. The van der Waals surface area contributed by atoms with Crippen molar-refractivity contribution in [3.63, 3.8) is 0 Å². The van der Waals surface area contributed by atoms with Crippen LogP contribution in [0.1, 0.15) is 32.4 Å². The number of nitrogens with zero attached hydrogens (tertiary/aromatic N) is 7. The number of hydrogen-bond donors (Lipinski definition) is 1.